The second-order valence-corrected chi connectivity index (χ2v) is 6.25. The molecule has 2 heterocycles. The third-order valence-electron chi connectivity index (χ3n) is 4.44. The lowest BCUT2D eigenvalue weighted by molar-refractivity contribution is -0.128. The number of hydrogen-bond donors (Lipinski definition) is 1. The lowest BCUT2D eigenvalue weighted by Crippen LogP contribution is -2.52. The fraction of sp³-hybridized carbons (Fsp3) is 0.471. The minimum Gasteiger partial charge on any atom is -0.474 e. The third-order valence-corrected chi connectivity index (χ3v) is 4.44. The predicted octanol–water partition coefficient (Wildman–Crippen LogP) is 2.28. The summed E-state index contributed by atoms with van der Waals surface area (Å²) in [4.78, 5) is 27.7. The normalized spacial score (nSPS) is 26.6. The second kappa shape index (κ2) is 6.12. The van der Waals surface area contributed by atoms with Gasteiger partial charge in [-0.3, -0.25) is 10.1 Å². The van der Waals surface area contributed by atoms with E-state index < -0.39 is 11.4 Å². The molecule has 23 heavy (non-hydrogen) atoms. The lowest BCUT2D eigenvalue weighted by Gasteiger charge is -2.31. The van der Waals surface area contributed by atoms with Crippen molar-refractivity contribution in [1.82, 2.24) is 5.32 Å². The van der Waals surface area contributed by atoms with E-state index in [0.717, 1.165) is 5.56 Å². The number of carbonyl (C=O) groups is 2. The number of fused-ring (bicyclic) bond motifs is 1. The molecule has 0 spiro atoms. The van der Waals surface area contributed by atoms with Crippen LogP contribution in [0.4, 0.5) is 4.79 Å². The molecule has 0 bridgehead atoms. The summed E-state index contributed by atoms with van der Waals surface area (Å²) in [7, 11) is 0. The number of amides is 3. The van der Waals surface area contributed by atoms with Crippen LogP contribution in [0.3, 0.4) is 0 Å². The Balaban J connectivity index is 1.67. The Hall–Kier alpha value is -2.21. The van der Waals surface area contributed by atoms with E-state index in [1.807, 2.05) is 44.2 Å². The highest BCUT2D eigenvalue weighted by Gasteiger charge is 2.57. The van der Waals surface area contributed by atoms with E-state index >= 15 is 0 Å². The number of hydrogen-bond acceptors (Lipinski definition) is 4. The van der Waals surface area contributed by atoms with Gasteiger partial charge in [-0.1, -0.05) is 44.2 Å². The van der Waals surface area contributed by atoms with Crippen LogP contribution in [0, 0.1) is 11.3 Å². The zero-order valence-electron chi connectivity index (χ0n) is 13.2. The van der Waals surface area contributed by atoms with Crippen molar-refractivity contribution in [2.45, 2.75) is 33.0 Å². The highest BCUT2D eigenvalue weighted by Crippen LogP contribution is 2.43. The molecule has 0 aliphatic carbocycles. The maximum atomic E-state index is 12.4. The summed E-state index contributed by atoms with van der Waals surface area (Å²) in [6.45, 7) is 4.69. The van der Waals surface area contributed by atoms with E-state index in [9.17, 15) is 9.59 Å². The zero-order chi connectivity index (χ0) is 16.4. The van der Waals surface area contributed by atoms with Gasteiger partial charge < -0.3 is 9.47 Å². The van der Waals surface area contributed by atoms with Crippen molar-refractivity contribution in [3.05, 3.63) is 35.9 Å². The van der Waals surface area contributed by atoms with E-state index in [2.05, 4.69) is 10.3 Å². The van der Waals surface area contributed by atoms with Crippen LogP contribution in [0.25, 0.3) is 0 Å². The van der Waals surface area contributed by atoms with Gasteiger partial charge in [-0.05, 0) is 11.5 Å². The average Bonchev–Trinajstić information content (AvgIpc) is 2.88. The Kier molecular flexibility index (Phi) is 4.17. The molecule has 2 aliphatic rings. The lowest BCUT2D eigenvalue weighted by atomic mass is 9.73. The highest BCUT2D eigenvalue weighted by atomic mass is 16.5. The van der Waals surface area contributed by atoms with Crippen LogP contribution in [0.2, 0.25) is 0 Å². The number of ether oxygens (including phenoxy) is 2. The van der Waals surface area contributed by atoms with Gasteiger partial charge in [0.25, 0.3) is 0 Å². The van der Waals surface area contributed by atoms with Crippen LogP contribution in [-0.2, 0) is 20.9 Å². The molecule has 0 saturated carbocycles. The smallest absolute Gasteiger partial charge is 0.350 e. The van der Waals surface area contributed by atoms with Crippen molar-refractivity contribution in [1.29, 1.82) is 0 Å². The molecule has 1 saturated heterocycles. The number of urea groups is 1. The standard InChI is InChI=1S/C17H20N2O4/c1-11(2)17-8-13(10-22-9-12-6-4-3-5-7-12)23-15(17)19-16(21)18-14(17)20/h3-7,11,13H,8-10H2,1-2H3,(H,18,20,21)/t13-,17-/m1/s1. The van der Waals surface area contributed by atoms with Gasteiger partial charge in [-0.2, -0.15) is 4.99 Å². The van der Waals surface area contributed by atoms with E-state index in [4.69, 9.17) is 9.47 Å². The SMILES string of the molecule is CC(C)[C@@]12C[C@H](COCc3ccccc3)OC1=NC(=O)NC2=O. The molecule has 2 aliphatic heterocycles. The Morgan fingerprint density at radius 1 is 1.35 bits per heavy atom. The van der Waals surface area contributed by atoms with Gasteiger partial charge in [0, 0.05) is 6.42 Å². The number of imide groups is 1. The predicted molar refractivity (Wildman–Crippen MR) is 83.8 cm³/mol. The summed E-state index contributed by atoms with van der Waals surface area (Å²) < 4.78 is 11.5. The van der Waals surface area contributed by atoms with Gasteiger partial charge in [0.15, 0.2) is 0 Å². The van der Waals surface area contributed by atoms with E-state index in [-0.39, 0.29) is 23.8 Å². The van der Waals surface area contributed by atoms with Crippen LogP contribution in [0.15, 0.2) is 35.3 Å². The van der Waals surface area contributed by atoms with Gasteiger partial charge in [0.1, 0.15) is 11.5 Å². The number of rotatable bonds is 5. The van der Waals surface area contributed by atoms with Gasteiger partial charge in [0.2, 0.25) is 11.8 Å². The van der Waals surface area contributed by atoms with Crippen molar-refractivity contribution >= 4 is 17.8 Å². The van der Waals surface area contributed by atoms with Crippen LogP contribution in [0.1, 0.15) is 25.8 Å². The van der Waals surface area contributed by atoms with Crippen molar-refractivity contribution < 1.29 is 19.1 Å². The Morgan fingerprint density at radius 3 is 2.78 bits per heavy atom. The van der Waals surface area contributed by atoms with Crippen molar-refractivity contribution in [2.24, 2.45) is 16.3 Å². The zero-order valence-corrected chi connectivity index (χ0v) is 13.2. The summed E-state index contributed by atoms with van der Waals surface area (Å²) in [5.41, 5.74) is 0.209. The van der Waals surface area contributed by atoms with Gasteiger partial charge in [-0.25, -0.2) is 4.79 Å². The Bertz CT molecular complexity index is 641. The van der Waals surface area contributed by atoms with Crippen molar-refractivity contribution in [3.8, 4) is 0 Å². The monoisotopic (exact) mass is 316 g/mol. The number of carbonyl (C=O) groups excluding carboxylic acids is 2. The molecule has 122 valence electrons. The summed E-state index contributed by atoms with van der Waals surface area (Å²) in [6, 6.07) is 9.18. The molecule has 0 aromatic heterocycles. The first-order valence-corrected chi connectivity index (χ1v) is 7.75. The average molecular weight is 316 g/mol. The van der Waals surface area contributed by atoms with Crippen LogP contribution in [0.5, 0.6) is 0 Å². The number of nitrogens with one attached hydrogen (secondary N) is 1. The van der Waals surface area contributed by atoms with Gasteiger partial charge in [-0.15, -0.1) is 0 Å². The second-order valence-electron chi connectivity index (χ2n) is 6.25. The largest absolute Gasteiger partial charge is 0.474 e. The molecule has 1 fully saturated rings. The first kappa shape index (κ1) is 15.7. The highest BCUT2D eigenvalue weighted by molar-refractivity contribution is 6.18. The quantitative estimate of drug-likeness (QED) is 0.904. The minimum atomic E-state index is -0.866. The fourth-order valence-corrected chi connectivity index (χ4v) is 3.12. The summed E-state index contributed by atoms with van der Waals surface area (Å²) >= 11 is 0. The molecule has 0 unspecified atom stereocenters. The molecule has 3 amide bonds. The van der Waals surface area contributed by atoms with Crippen molar-refractivity contribution in [3.63, 3.8) is 0 Å². The van der Waals surface area contributed by atoms with Crippen LogP contribution < -0.4 is 5.32 Å². The molecule has 6 nitrogen and oxygen atoms in total. The number of benzene rings is 1. The Labute approximate surface area is 134 Å². The molecule has 1 aromatic carbocycles. The molecular weight excluding hydrogens is 296 g/mol. The fourth-order valence-electron chi connectivity index (χ4n) is 3.12. The molecule has 2 atom stereocenters. The molecule has 1 N–H and O–H groups in total. The number of nitrogens with zero attached hydrogens (tertiary/aromatic N) is 1. The topological polar surface area (TPSA) is 77.0 Å². The maximum Gasteiger partial charge on any atom is 0.350 e. The van der Waals surface area contributed by atoms with E-state index in [1.165, 1.54) is 0 Å². The maximum absolute atomic E-state index is 12.4. The minimum absolute atomic E-state index is 0.0199. The first-order valence-electron chi connectivity index (χ1n) is 7.75. The van der Waals surface area contributed by atoms with Crippen molar-refractivity contribution in [2.75, 3.05) is 6.61 Å². The first-order chi connectivity index (χ1) is 11.0. The summed E-state index contributed by atoms with van der Waals surface area (Å²) in [5, 5.41) is 2.29. The Morgan fingerprint density at radius 2 is 2.09 bits per heavy atom. The van der Waals surface area contributed by atoms with E-state index in [1.54, 1.807) is 0 Å². The third kappa shape index (κ3) is 2.86. The van der Waals surface area contributed by atoms with Crippen LogP contribution in [-0.4, -0.2) is 30.5 Å². The van der Waals surface area contributed by atoms with Gasteiger partial charge >= 0.3 is 6.03 Å². The molecule has 6 heteroatoms. The molecule has 3 rings (SSSR count). The molecule has 0 radical (unpaired) electrons. The van der Waals surface area contributed by atoms with Crippen LogP contribution >= 0.6 is 0 Å². The summed E-state index contributed by atoms with van der Waals surface area (Å²) in [6.07, 6.45) is 0.189. The molecular formula is C17H20N2O4. The molecule has 1 aromatic rings. The van der Waals surface area contributed by atoms with Gasteiger partial charge in [0.05, 0.1) is 13.2 Å². The van der Waals surface area contributed by atoms with E-state index in [0.29, 0.717) is 19.6 Å². The summed E-state index contributed by atoms with van der Waals surface area (Å²) in [5.74, 6) is -0.115. The number of aliphatic imine (C=N–C) groups is 1.